The fourth-order valence-corrected chi connectivity index (χ4v) is 4.08. The van der Waals surface area contributed by atoms with Gasteiger partial charge in [0.2, 0.25) is 5.95 Å². The average molecular weight is 422 g/mol. The number of rotatable bonds is 6. The molecule has 3 aromatic rings. The average Bonchev–Trinajstić information content (AvgIpc) is 3.09. The third kappa shape index (κ3) is 4.23. The van der Waals surface area contributed by atoms with E-state index in [-0.39, 0.29) is 12.1 Å². The van der Waals surface area contributed by atoms with Gasteiger partial charge in [0.05, 0.1) is 23.9 Å². The number of nitrogens with one attached hydrogen (secondary N) is 1. The summed E-state index contributed by atoms with van der Waals surface area (Å²) in [6.07, 6.45) is 4.11. The molecule has 1 aliphatic heterocycles. The monoisotopic (exact) mass is 422 g/mol. The van der Waals surface area contributed by atoms with E-state index in [4.69, 9.17) is 10.3 Å². The van der Waals surface area contributed by atoms with Gasteiger partial charge in [0.15, 0.2) is 0 Å². The first-order valence-corrected chi connectivity index (χ1v) is 10.3. The molecule has 1 saturated heterocycles. The van der Waals surface area contributed by atoms with Crippen LogP contribution < -0.4 is 10.2 Å². The summed E-state index contributed by atoms with van der Waals surface area (Å²) in [5.74, 6) is 2.85. The van der Waals surface area contributed by atoms with Crippen molar-refractivity contribution in [1.29, 1.82) is 0 Å². The molecule has 4 rings (SSSR count). The van der Waals surface area contributed by atoms with Crippen molar-refractivity contribution in [1.82, 2.24) is 24.5 Å². The summed E-state index contributed by atoms with van der Waals surface area (Å²) < 4.78 is 7.63. The van der Waals surface area contributed by atoms with E-state index in [2.05, 4.69) is 53.7 Å². The molecule has 2 atom stereocenters. The first-order valence-electron chi connectivity index (χ1n) is 10.3. The first-order chi connectivity index (χ1) is 15.0. The first kappa shape index (κ1) is 20.8. The number of ether oxygens (including phenoxy) is 1. The number of aryl methyl sites for hydroxylation is 1. The number of anilines is 3. The highest BCUT2D eigenvalue weighted by atomic mass is 16.5. The third-order valence-corrected chi connectivity index (χ3v) is 5.47. The van der Waals surface area contributed by atoms with Gasteiger partial charge < -0.3 is 19.5 Å². The molecule has 1 fully saturated rings. The van der Waals surface area contributed by atoms with Gasteiger partial charge in [-0.15, -0.1) is 0 Å². The fourth-order valence-electron chi connectivity index (χ4n) is 4.08. The quantitative estimate of drug-likeness (QED) is 0.363. The van der Waals surface area contributed by atoms with Crippen LogP contribution in [-0.4, -0.2) is 56.8 Å². The van der Waals surface area contributed by atoms with E-state index in [1.807, 2.05) is 17.9 Å². The highest BCUT2D eigenvalue weighted by molar-refractivity contribution is 5.79. The van der Waals surface area contributed by atoms with Crippen molar-refractivity contribution in [2.45, 2.75) is 45.4 Å². The number of fused-ring (bicyclic) bond motifs is 1. The zero-order valence-corrected chi connectivity index (χ0v) is 18.1. The molecule has 4 heterocycles. The van der Waals surface area contributed by atoms with Crippen LogP contribution in [0.5, 0.6) is 0 Å². The minimum absolute atomic E-state index is 0.0985. The fraction of sp³-hybridized carbons (Fsp3) is 0.500. The van der Waals surface area contributed by atoms with Gasteiger partial charge in [-0.3, -0.25) is 0 Å². The van der Waals surface area contributed by atoms with Gasteiger partial charge in [-0.1, -0.05) is 5.11 Å². The molecule has 0 amide bonds. The van der Waals surface area contributed by atoms with Gasteiger partial charge in [-0.25, -0.2) is 15.0 Å². The summed E-state index contributed by atoms with van der Waals surface area (Å²) >= 11 is 0. The second kappa shape index (κ2) is 8.75. The molecule has 0 aromatic carbocycles. The van der Waals surface area contributed by atoms with Crippen LogP contribution in [-0.2, 0) is 4.74 Å². The molecule has 1 aliphatic rings. The number of azide groups is 1. The molecule has 0 bridgehead atoms. The van der Waals surface area contributed by atoms with Crippen LogP contribution >= 0.6 is 0 Å². The summed E-state index contributed by atoms with van der Waals surface area (Å²) in [5.41, 5.74) is 10.7. The van der Waals surface area contributed by atoms with Crippen LogP contribution in [0, 0.1) is 6.92 Å². The van der Waals surface area contributed by atoms with E-state index in [0.29, 0.717) is 30.2 Å². The maximum atomic E-state index is 8.86. The smallest absolute Gasteiger partial charge is 0.227 e. The van der Waals surface area contributed by atoms with Gasteiger partial charge in [0, 0.05) is 43.4 Å². The summed E-state index contributed by atoms with van der Waals surface area (Å²) in [7, 11) is 1.64. The second-order valence-electron chi connectivity index (χ2n) is 7.83. The van der Waals surface area contributed by atoms with Crippen LogP contribution in [0.25, 0.3) is 21.5 Å². The Bertz CT molecular complexity index is 1120. The summed E-state index contributed by atoms with van der Waals surface area (Å²) in [6, 6.07) is 3.80. The van der Waals surface area contributed by atoms with Crippen LogP contribution in [0.2, 0.25) is 0 Å². The molecule has 11 nitrogen and oxygen atoms in total. The third-order valence-electron chi connectivity index (χ3n) is 5.47. The van der Waals surface area contributed by atoms with Crippen molar-refractivity contribution in [2.75, 3.05) is 30.4 Å². The van der Waals surface area contributed by atoms with Crippen LogP contribution in [0.4, 0.5) is 17.6 Å². The van der Waals surface area contributed by atoms with Crippen molar-refractivity contribution in [3.63, 3.8) is 0 Å². The van der Waals surface area contributed by atoms with Crippen molar-refractivity contribution >= 4 is 28.6 Å². The molecule has 3 aromatic heterocycles. The van der Waals surface area contributed by atoms with E-state index >= 15 is 0 Å². The van der Waals surface area contributed by atoms with Crippen LogP contribution in [0.3, 0.4) is 0 Å². The number of imidazole rings is 1. The predicted molar refractivity (Wildman–Crippen MR) is 119 cm³/mol. The molecule has 162 valence electrons. The predicted octanol–water partition coefficient (Wildman–Crippen LogP) is 3.76. The van der Waals surface area contributed by atoms with E-state index in [1.165, 1.54) is 0 Å². The van der Waals surface area contributed by atoms with E-state index in [0.717, 1.165) is 29.8 Å². The summed E-state index contributed by atoms with van der Waals surface area (Å²) in [4.78, 5) is 23.1. The number of aromatic nitrogens is 5. The van der Waals surface area contributed by atoms with Gasteiger partial charge in [-0.05, 0) is 38.8 Å². The molecular weight excluding hydrogens is 396 g/mol. The summed E-state index contributed by atoms with van der Waals surface area (Å²) in [6.45, 7) is 7.49. The highest BCUT2D eigenvalue weighted by Crippen LogP contribution is 2.25. The molecule has 0 saturated carbocycles. The van der Waals surface area contributed by atoms with Crippen molar-refractivity contribution < 1.29 is 4.74 Å². The molecule has 1 N–H and O–H groups in total. The molecule has 11 heteroatoms. The molecule has 0 spiro atoms. The topological polar surface area (TPSA) is 130 Å². The Hall–Kier alpha value is -3.43. The van der Waals surface area contributed by atoms with Gasteiger partial charge in [0.1, 0.15) is 23.0 Å². The van der Waals surface area contributed by atoms with Gasteiger partial charge in [-0.2, -0.15) is 4.98 Å². The molecule has 31 heavy (non-hydrogen) atoms. The van der Waals surface area contributed by atoms with E-state index in [9.17, 15) is 0 Å². The largest absolute Gasteiger partial charge is 0.381 e. The molecule has 0 radical (unpaired) electrons. The lowest BCUT2D eigenvalue weighted by molar-refractivity contribution is 0.0663. The van der Waals surface area contributed by atoms with Crippen molar-refractivity contribution in [3.05, 3.63) is 40.8 Å². The molecule has 0 unspecified atom stereocenters. The van der Waals surface area contributed by atoms with E-state index in [1.54, 1.807) is 25.6 Å². The normalized spacial score (nSPS) is 18.9. The number of hydrogen-bond acceptors (Lipinski definition) is 8. The maximum absolute atomic E-state index is 8.86. The van der Waals surface area contributed by atoms with Crippen molar-refractivity contribution in [2.24, 2.45) is 5.11 Å². The maximum Gasteiger partial charge on any atom is 0.227 e. The zero-order valence-electron chi connectivity index (χ0n) is 18.1. The Morgan fingerprint density at radius 2 is 2.13 bits per heavy atom. The lowest BCUT2D eigenvalue weighted by Gasteiger charge is -2.35. The van der Waals surface area contributed by atoms with Crippen LogP contribution in [0.15, 0.2) is 29.6 Å². The van der Waals surface area contributed by atoms with Gasteiger partial charge in [0.25, 0.3) is 0 Å². The van der Waals surface area contributed by atoms with Crippen molar-refractivity contribution in [3.8, 4) is 0 Å². The Kier molecular flexibility index (Phi) is 5.88. The lowest BCUT2D eigenvalue weighted by Crippen LogP contribution is -2.47. The number of pyridine rings is 1. The Labute approximate surface area is 180 Å². The Morgan fingerprint density at radius 3 is 2.87 bits per heavy atom. The SMILES string of the molecule is CO[C@H]1CCN(c2nccc(Nc3cc4c(cn3)nc(C)n4C(C)C)n2)C[C@@H]1N=[N+]=[N-]. The molecule has 0 aliphatic carbocycles. The number of nitrogens with zero attached hydrogens (tertiary/aromatic N) is 9. The summed E-state index contributed by atoms with van der Waals surface area (Å²) in [5, 5.41) is 7.15. The van der Waals surface area contributed by atoms with Crippen LogP contribution in [0.1, 0.15) is 32.1 Å². The molecular formula is C20H26N10O. The highest BCUT2D eigenvalue weighted by Gasteiger charge is 2.29. The van der Waals surface area contributed by atoms with Gasteiger partial charge >= 0.3 is 0 Å². The minimum atomic E-state index is -0.285. The Balaban J connectivity index is 1.56. The zero-order chi connectivity index (χ0) is 22.0. The standard InChI is InChI=1S/C20H26N10O/c1-12(2)30-13(3)24-14-10-23-19(9-16(14)30)25-18-5-7-22-20(26-18)29-8-6-17(31-4)15(11-29)27-28-21/h5,7,9-10,12,15,17H,6,8,11H2,1-4H3,(H,22,23,25,26)/t15-,17-/m0/s1. The number of piperidine rings is 1. The number of hydrogen-bond donors (Lipinski definition) is 1. The Morgan fingerprint density at radius 1 is 1.29 bits per heavy atom. The van der Waals surface area contributed by atoms with E-state index < -0.39 is 0 Å². The lowest BCUT2D eigenvalue weighted by atomic mass is 10.0. The second-order valence-corrected chi connectivity index (χ2v) is 7.83. The minimum Gasteiger partial charge on any atom is -0.381 e. The number of methoxy groups -OCH3 is 1.